The Morgan fingerprint density at radius 3 is 2.58 bits per heavy atom. The maximum absolute atomic E-state index is 11.5. The van der Waals surface area contributed by atoms with Crippen molar-refractivity contribution in [2.24, 2.45) is 0 Å². The summed E-state index contributed by atoms with van der Waals surface area (Å²) < 4.78 is 11.2. The van der Waals surface area contributed by atoms with Gasteiger partial charge < -0.3 is 14.8 Å². The minimum absolute atomic E-state index is 0.0445. The Morgan fingerprint density at radius 1 is 1.38 bits per heavy atom. The third-order valence-corrected chi connectivity index (χ3v) is 9.70. The molecule has 0 saturated carbocycles. The molecule has 6 heteroatoms. The van der Waals surface area contributed by atoms with Gasteiger partial charge in [-0.15, -0.1) is 0 Å². The van der Waals surface area contributed by atoms with Gasteiger partial charge >= 0.3 is 0 Å². The van der Waals surface area contributed by atoms with Gasteiger partial charge in [-0.3, -0.25) is 4.79 Å². The molecule has 0 spiro atoms. The van der Waals surface area contributed by atoms with Crippen molar-refractivity contribution < 1.29 is 14.3 Å². The van der Waals surface area contributed by atoms with E-state index >= 15 is 0 Å². The Hall–Kier alpha value is -1.40. The number of ether oxygens (including phenoxy) is 2. The monoisotopic (exact) mass is 352 g/mol. The summed E-state index contributed by atoms with van der Waals surface area (Å²) in [4.78, 5) is 15.6. The van der Waals surface area contributed by atoms with Crippen molar-refractivity contribution in [3.63, 3.8) is 0 Å². The summed E-state index contributed by atoms with van der Waals surface area (Å²) in [5, 5.41) is 3.27. The number of methoxy groups -OCH3 is 1. The maximum Gasteiger partial charge on any atom is 0.217 e. The Labute approximate surface area is 147 Å². The van der Waals surface area contributed by atoms with Gasteiger partial charge in [-0.05, 0) is 23.1 Å². The molecule has 1 heterocycles. The van der Waals surface area contributed by atoms with Crippen LogP contribution >= 0.6 is 0 Å². The lowest BCUT2D eigenvalue weighted by Crippen LogP contribution is -2.45. The fourth-order valence-electron chi connectivity index (χ4n) is 2.09. The number of amides is 1. The predicted molar refractivity (Wildman–Crippen MR) is 100 cm³/mol. The lowest BCUT2D eigenvalue weighted by molar-refractivity contribution is -0.120. The quantitative estimate of drug-likeness (QED) is 0.730. The summed E-state index contributed by atoms with van der Waals surface area (Å²) in [6.45, 7) is 13.6. The van der Waals surface area contributed by atoms with Gasteiger partial charge in [0.15, 0.2) is 0 Å². The molecule has 1 aromatic rings. The van der Waals surface area contributed by atoms with Crippen LogP contribution in [0.3, 0.4) is 0 Å². The number of nitrogens with one attached hydrogen (secondary N) is 1. The molecule has 1 aromatic heterocycles. The Balaban J connectivity index is 2.67. The van der Waals surface area contributed by atoms with Gasteiger partial charge in [0.25, 0.3) is 0 Å². The second-order valence-corrected chi connectivity index (χ2v) is 13.5. The highest BCUT2D eigenvalue weighted by Gasteiger charge is 2.35. The standard InChI is InChI=1S/C18H32N2O3Si/c1-14(21)20-16(10-15-8-9-19-17(11-15)22-5)12-23-13-24(6,7)18(2,3)4/h8-9,11,16H,10,12-13H2,1-7H3,(H,20,21). The lowest BCUT2D eigenvalue weighted by atomic mass is 10.1. The first-order valence-electron chi connectivity index (χ1n) is 8.39. The number of nitrogens with zero attached hydrogens (tertiary/aromatic N) is 1. The van der Waals surface area contributed by atoms with Crippen LogP contribution in [-0.4, -0.2) is 45.0 Å². The van der Waals surface area contributed by atoms with E-state index in [1.54, 1.807) is 13.3 Å². The number of pyridine rings is 1. The Kier molecular flexibility index (Phi) is 7.42. The van der Waals surface area contributed by atoms with Crippen molar-refractivity contribution in [1.29, 1.82) is 0 Å². The molecule has 0 aromatic carbocycles. The van der Waals surface area contributed by atoms with Gasteiger partial charge in [-0.25, -0.2) is 4.98 Å². The van der Waals surface area contributed by atoms with Crippen LogP contribution in [0.5, 0.6) is 5.88 Å². The van der Waals surface area contributed by atoms with E-state index < -0.39 is 8.07 Å². The average Bonchev–Trinajstić information content (AvgIpc) is 2.45. The molecule has 1 amide bonds. The van der Waals surface area contributed by atoms with Crippen molar-refractivity contribution in [3.8, 4) is 5.88 Å². The minimum Gasteiger partial charge on any atom is -0.481 e. The third-order valence-electron chi connectivity index (χ3n) is 4.71. The SMILES string of the molecule is COc1cc(CC(COC[Si](C)(C)C(C)(C)C)NC(C)=O)ccn1. The smallest absolute Gasteiger partial charge is 0.217 e. The molecule has 5 nitrogen and oxygen atoms in total. The predicted octanol–water partition coefficient (Wildman–Crippen LogP) is 3.20. The summed E-state index contributed by atoms with van der Waals surface area (Å²) in [5.41, 5.74) is 1.07. The highest BCUT2D eigenvalue weighted by Crippen LogP contribution is 2.35. The molecule has 1 atom stereocenters. The van der Waals surface area contributed by atoms with Crippen LogP contribution in [0.15, 0.2) is 18.3 Å². The first-order chi connectivity index (χ1) is 11.0. The highest BCUT2D eigenvalue weighted by atomic mass is 28.3. The zero-order valence-corrected chi connectivity index (χ0v) is 17.1. The van der Waals surface area contributed by atoms with Crippen LogP contribution in [0, 0.1) is 0 Å². The van der Waals surface area contributed by atoms with Crippen molar-refractivity contribution in [1.82, 2.24) is 10.3 Å². The summed E-state index contributed by atoms with van der Waals surface area (Å²) in [7, 11) is 0.114. The van der Waals surface area contributed by atoms with E-state index in [1.165, 1.54) is 6.92 Å². The first kappa shape index (κ1) is 20.6. The van der Waals surface area contributed by atoms with Crippen LogP contribution in [0.25, 0.3) is 0 Å². The molecule has 0 aliphatic rings. The molecule has 1 rings (SSSR count). The molecule has 0 saturated heterocycles. The topological polar surface area (TPSA) is 60.5 Å². The average molecular weight is 353 g/mol. The van der Waals surface area contributed by atoms with E-state index in [4.69, 9.17) is 9.47 Å². The number of rotatable bonds is 8. The molecule has 1 N–H and O–H groups in total. The normalized spacial score (nSPS) is 13.5. The van der Waals surface area contributed by atoms with Crippen molar-refractivity contribution in [2.45, 2.75) is 58.3 Å². The molecule has 0 fully saturated rings. The molecule has 1 unspecified atom stereocenters. The van der Waals surface area contributed by atoms with Crippen LogP contribution in [0.2, 0.25) is 18.1 Å². The first-order valence-corrected chi connectivity index (χ1v) is 11.6. The second kappa shape index (κ2) is 8.62. The van der Waals surface area contributed by atoms with Crippen LogP contribution in [0.1, 0.15) is 33.3 Å². The third kappa shape index (κ3) is 6.61. The van der Waals surface area contributed by atoms with E-state index in [0.29, 0.717) is 18.9 Å². The molecule has 0 bridgehead atoms. The lowest BCUT2D eigenvalue weighted by Gasteiger charge is -2.36. The molecule has 0 radical (unpaired) electrons. The van der Waals surface area contributed by atoms with Gasteiger partial charge in [0.05, 0.1) is 27.8 Å². The summed E-state index contributed by atoms with van der Waals surface area (Å²) >= 11 is 0. The largest absolute Gasteiger partial charge is 0.481 e. The zero-order chi connectivity index (χ0) is 18.4. The van der Waals surface area contributed by atoms with E-state index in [-0.39, 0.29) is 17.0 Å². The fraction of sp³-hybridized carbons (Fsp3) is 0.667. The van der Waals surface area contributed by atoms with E-state index in [1.807, 2.05) is 12.1 Å². The van der Waals surface area contributed by atoms with Crippen LogP contribution in [0.4, 0.5) is 0 Å². The molecule has 24 heavy (non-hydrogen) atoms. The van der Waals surface area contributed by atoms with Crippen LogP contribution in [-0.2, 0) is 16.0 Å². The fourth-order valence-corrected chi connectivity index (χ4v) is 3.15. The highest BCUT2D eigenvalue weighted by molar-refractivity contribution is 6.80. The van der Waals surface area contributed by atoms with Crippen molar-refractivity contribution in [2.75, 3.05) is 19.9 Å². The Bertz CT molecular complexity index is 541. The summed E-state index contributed by atoms with van der Waals surface area (Å²) in [6, 6.07) is 3.77. The zero-order valence-electron chi connectivity index (χ0n) is 16.1. The molecule has 0 aliphatic heterocycles. The number of hydrogen-bond donors (Lipinski definition) is 1. The molecular weight excluding hydrogens is 320 g/mol. The van der Waals surface area contributed by atoms with Crippen molar-refractivity contribution in [3.05, 3.63) is 23.9 Å². The minimum atomic E-state index is -1.48. The summed E-state index contributed by atoms with van der Waals surface area (Å²) in [5.74, 6) is 0.535. The number of aromatic nitrogens is 1. The maximum atomic E-state index is 11.5. The van der Waals surface area contributed by atoms with Gasteiger partial charge in [-0.2, -0.15) is 0 Å². The van der Waals surface area contributed by atoms with E-state index in [0.717, 1.165) is 11.8 Å². The Morgan fingerprint density at radius 2 is 2.04 bits per heavy atom. The van der Waals surface area contributed by atoms with Crippen LogP contribution < -0.4 is 10.1 Å². The van der Waals surface area contributed by atoms with E-state index in [2.05, 4.69) is 44.2 Å². The second-order valence-electron chi connectivity index (χ2n) is 7.96. The van der Waals surface area contributed by atoms with E-state index in [9.17, 15) is 4.79 Å². The number of carbonyl (C=O) groups excluding carboxylic acids is 1. The van der Waals surface area contributed by atoms with Gasteiger partial charge in [0.1, 0.15) is 0 Å². The van der Waals surface area contributed by atoms with Gasteiger partial charge in [0, 0.05) is 25.4 Å². The van der Waals surface area contributed by atoms with Crippen molar-refractivity contribution >= 4 is 14.0 Å². The molecule has 0 aliphatic carbocycles. The van der Waals surface area contributed by atoms with Gasteiger partial charge in [0.2, 0.25) is 11.8 Å². The summed E-state index contributed by atoms with van der Waals surface area (Å²) in [6.07, 6.45) is 3.19. The number of carbonyl (C=O) groups is 1. The van der Waals surface area contributed by atoms with Gasteiger partial charge in [-0.1, -0.05) is 33.9 Å². The molecular formula is C18H32N2O3Si. The molecule has 136 valence electrons. The number of hydrogen-bond acceptors (Lipinski definition) is 4.